The number of halogens is 2. The zero-order valence-corrected chi connectivity index (χ0v) is 14.7. The number of benzene rings is 1. The molecular formula is C14H17BrFNO4S. The fourth-order valence-electron chi connectivity index (χ4n) is 2.20. The zero-order valence-electron chi connectivity index (χ0n) is 12.3. The lowest BCUT2D eigenvalue weighted by Gasteiger charge is -2.33. The molecule has 1 aromatic rings. The molecule has 0 aromatic heterocycles. The summed E-state index contributed by atoms with van der Waals surface area (Å²) in [4.78, 5) is 14.0. The molecule has 0 spiro atoms. The van der Waals surface area contributed by atoms with E-state index in [1.807, 2.05) is 0 Å². The summed E-state index contributed by atoms with van der Waals surface area (Å²) in [5.41, 5.74) is 0. The van der Waals surface area contributed by atoms with Gasteiger partial charge in [0, 0.05) is 13.1 Å². The Morgan fingerprint density at radius 2 is 1.91 bits per heavy atom. The van der Waals surface area contributed by atoms with Crippen molar-refractivity contribution in [1.29, 1.82) is 0 Å². The highest BCUT2D eigenvalue weighted by atomic mass is 79.9. The number of carbonyl (C=O) groups is 1. The highest BCUT2D eigenvalue weighted by Crippen LogP contribution is 2.30. The largest absolute Gasteiger partial charge is 0.378 e. The second kappa shape index (κ2) is 6.25. The van der Waals surface area contributed by atoms with Gasteiger partial charge < -0.3 is 9.64 Å². The van der Waals surface area contributed by atoms with Gasteiger partial charge in [-0.05, 0) is 48.0 Å². The minimum Gasteiger partial charge on any atom is -0.378 e. The Morgan fingerprint density at radius 1 is 1.32 bits per heavy atom. The zero-order chi connectivity index (χ0) is 16.5. The smallest absolute Gasteiger partial charge is 0.244 e. The van der Waals surface area contributed by atoms with E-state index >= 15 is 0 Å². The van der Waals surface area contributed by atoms with Crippen LogP contribution in [0.25, 0.3) is 0 Å². The lowest BCUT2D eigenvalue weighted by molar-refractivity contribution is -0.137. The first kappa shape index (κ1) is 17.4. The topological polar surface area (TPSA) is 63.7 Å². The fourth-order valence-corrected chi connectivity index (χ4v) is 4.20. The van der Waals surface area contributed by atoms with Crippen molar-refractivity contribution < 1.29 is 22.3 Å². The van der Waals surface area contributed by atoms with Gasteiger partial charge in [0.15, 0.2) is 9.84 Å². The number of hydrogen-bond acceptors (Lipinski definition) is 4. The van der Waals surface area contributed by atoms with Crippen LogP contribution < -0.4 is 0 Å². The van der Waals surface area contributed by atoms with Crippen LogP contribution in [0.15, 0.2) is 27.6 Å². The molecule has 1 aromatic carbocycles. The molecule has 1 aliphatic heterocycles. The molecule has 22 heavy (non-hydrogen) atoms. The first-order chi connectivity index (χ1) is 10.2. The van der Waals surface area contributed by atoms with E-state index in [1.165, 1.54) is 30.9 Å². The van der Waals surface area contributed by atoms with Gasteiger partial charge in [-0.1, -0.05) is 0 Å². The molecular weight excluding hydrogens is 377 g/mol. The van der Waals surface area contributed by atoms with Gasteiger partial charge in [0.2, 0.25) is 5.91 Å². The van der Waals surface area contributed by atoms with E-state index in [0.29, 0.717) is 26.3 Å². The van der Waals surface area contributed by atoms with Crippen molar-refractivity contribution >= 4 is 31.7 Å². The van der Waals surface area contributed by atoms with Gasteiger partial charge in [0.05, 0.1) is 22.6 Å². The number of sulfone groups is 1. The first-order valence-electron chi connectivity index (χ1n) is 6.75. The van der Waals surface area contributed by atoms with Gasteiger partial charge in [-0.15, -0.1) is 0 Å². The summed E-state index contributed by atoms with van der Waals surface area (Å²) in [6, 6.07) is 3.41. The van der Waals surface area contributed by atoms with Crippen LogP contribution in [0.4, 0.5) is 4.39 Å². The van der Waals surface area contributed by atoms with Gasteiger partial charge in [0.25, 0.3) is 0 Å². The van der Waals surface area contributed by atoms with E-state index in [4.69, 9.17) is 4.74 Å². The van der Waals surface area contributed by atoms with E-state index in [9.17, 15) is 17.6 Å². The molecule has 0 radical (unpaired) electrons. The Hall–Kier alpha value is -0.990. The van der Waals surface area contributed by atoms with E-state index in [-0.39, 0.29) is 9.37 Å². The van der Waals surface area contributed by atoms with Crippen LogP contribution in [0.3, 0.4) is 0 Å². The normalized spacial score (nSPS) is 16.6. The highest BCUT2D eigenvalue weighted by molar-refractivity contribution is 9.10. The summed E-state index contributed by atoms with van der Waals surface area (Å²) in [5, 5.41) is 0. The molecule has 1 amide bonds. The molecule has 8 heteroatoms. The number of carbonyl (C=O) groups excluding carboxylic acids is 1. The lowest BCUT2D eigenvalue weighted by Crippen LogP contribution is -2.53. The van der Waals surface area contributed by atoms with Crippen LogP contribution in [0.2, 0.25) is 0 Å². The quantitative estimate of drug-likeness (QED) is 0.736. The second-order valence-corrected chi connectivity index (χ2v) is 8.85. The average Bonchev–Trinajstić information content (AvgIpc) is 2.49. The van der Waals surface area contributed by atoms with Crippen molar-refractivity contribution in [2.24, 2.45) is 0 Å². The maximum Gasteiger partial charge on any atom is 0.244 e. The molecule has 1 aliphatic rings. The first-order valence-corrected chi connectivity index (χ1v) is 9.02. The SMILES string of the molecule is CC(C)(C(=O)N1CCOCC1)S(=O)(=O)c1ccc(F)c(Br)c1. The van der Waals surface area contributed by atoms with Gasteiger partial charge in [-0.3, -0.25) is 4.79 Å². The van der Waals surface area contributed by atoms with E-state index in [2.05, 4.69) is 15.9 Å². The summed E-state index contributed by atoms with van der Waals surface area (Å²) in [7, 11) is -3.96. The molecule has 122 valence electrons. The Balaban J connectivity index is 2.37. The molecule has 1 fully saturated rings. The number of nitrogens with zero attached hydrogens (tertiary/aromatic N) is 1. The van der Waals surface area contributed by atoms with Crippen molar-refractivity contribution in [3.8, 4) is 0 Å². The highest BCUT2D eigenvalue weighted by Gasteiger charge is 2.45. The van der Waals surface area contributed by atoms with Crippen molar-refractivity contribution in [1.82, 2.24) is 4.90 Å². The maximum absolute atomic E-state index is 13.3. The van der Waals surface area contributed by atoms with Crippen LogP contribution in [-0.4, -0.2) is 50.3 Å². The summed E-state index contributed by atoms with van der Waals surface area (Å²) < 4.78 is 42.4. The van der Waals surface area contributed by atoms with Crippen LogP contribution in [0, 0.1) is 5.82 Å². The Labute approximate surface area is 137 Å². The Kier molecular flexibility index (Phi) is 4.93. The van der Waals surface area contributed by atoms with Crippen LogP contribution in [0.1, 0.15) is 13.8 Å². The predicted molar refractivity (Wildman–Crippen MR) is 82.8 cm³/mol. The summed E-state index contributed by atoms with van der Waals surface area (Å²) in [5.74, 6) is -1.03. The molecule has 1 saturated heterocycles. The average molecular weight is 394 g/mol. The number of morpholine rings is 1. The monoisotopic (exact) mass is 393 g/mol. The van der Waals surface area contributed by atoms with Crippen LogP contribution in [-0.2, 0) is 19.4 Å². The number of rotatable bonds is 3. The van der Waals surface area contributed by atoms with Crippen LogP contribution >= 0.6 is 15.9 Å². The molecule has 2 rings (SSSR count). The minimum atomic E-state index is -3.96. The van der Waals surface area contributed by atoms with Gasteiger partial charge >= 0.3 is 0 Å². The molecule has 0 atom stereocenters. The van der Waals surface area contributed by atoms with Gasteiger partial charge in [-0.2, -0.15) is 0 Å². The molecule has 5 nitrogen and oxygen atoms in total. The van der Waals surface area contributed by atoms with Crippen LogP contribution in [0.5, 0.6) is 0 Å². The van der Waals surface area contributed by atoms with Crippen molar-refractivity contribution in [3.63, 3.8) is 0 Å². The molecule has 0 unspecified atom stereocenters. The summed E-state index contributed by atoms with van der Waals surface area (Å²) in [6.07, 6.45) is 0. The van der Waals surface area contributed by atoms with E-state index in [1.54, 1.807) is 0 Å². The predicted octanol–water partition coefficient (Wildman–Crippen LogP) is 2.00. The van der Waals surface area contributed by atoms with Gasteiger partial charge in [-0.25, -0.2) is 12.8 Å². The standard InChI is InChI=1S/C14H17BrFNO4S/c1-14(2,13(18)17-5-7-21-8-6-17)22(19,20)10-3-4-12(16)11(15)9-10/h3-4,9H,5-8H2,1-2H3. The molecule has 0 N–H and O–H groups in total. The van der Waals surface area contributed by atoms with Crippen molar-refractivity contribution in [2.45, 2.75) is 23.5 Å². The third kappa shape index (κ3) is 3.04. The fraction of sp³-hybridized carbons (Fsp3) is 0.500. The second-order valence-electron chi connectivity index (χ2n) is 5.49. The molecule has 0 aliphatic carbocycles. The van der Waals surface area contributed by atoms with Gasteiger partial charge in [0.1, 0.15) is 10.6 Å². The Morgan fingerprint density at radius 3 is 2.45 bits per heavy atom. The third-order valence-corrected chi connectivity index (χ3v) is 6.69. The number of hydrogen-bond donors (Lipinski definition) is 0. The van der Waals surface area contributed by atoms with Crippen molar-refractivity contribution in [3.05, 3.63) is 28.5 Å². The molecule has 0 saturated carbocycles. The van der Waals surface area contributed by atoms with E-state index < -0.39 is 26.3 Å². The summed E-state index contributed by atoms with van der Waals surface area (Å²) in [6.45, 7) is 4.26. The maximum atomic E-state index is 13.3. The summed E-state index contributed by atoms with van der Waals surface area (Å²) >= 11 is 2.97. The van der Waals surface area contributed by atoms with E-state index in [0.717, 1.165) is 6.07 Å². The number of ether oxygens (including phenoxy) is 1. The molecule has 1 heterocycles. The lowest BCUT2D eigenvalue weighted by atomic mass is 10.1. The van der Waals surface area contributed by atoms with Crippen molar-refractivity contribution in [2.75, 3.05) is 26.3 Å². The minimum absolute atomic E-state index is 0.0446. The molecule has 0 bridgehead atoms. The number of amides is 1. The third-order valence-electron chi connectivity index (χ3n) is 3.69. The Bertz CT molecular complexity index is 684.